The molecule has 0 unspecified atom stereocenters. The average Bonchev–Trinajstić information content (AvgIpc) is 2.49. The lowest BCUT2D eigenvalue weighted by molar-refractivity contribution is 0.560. The zero-order chi connectivity index (χ0) is 15.2. The van der Waals surface area contributed by atoms with Crippen LogP contribution in [0.4, 0.5) is 20.3 Å². The van der Waals surface area contributed by atoms with Gasteiger partial charge in [-0.15, -0.1) is 0 Å². The van der Waals surface area contributed by atoms with E-state index in [1.807, 2.05) is 12.1 Å². The molecule has 0 atom stereocenters. The van der Waals surface area contributed by atoms with Gasteiger partial charge in [0.05, 0.1) is 11.9 Å². The average molecular weight is 291 g/mol. The third-order valence-electron chi connectivity index (χ3n) is 3.37. The van der Waals surface area contributed by atoms with E-state index < -0.39 is 11.6 Å². The third kappa shape index (κ3) is 3.68. The molecule has 0 amide bonds. The van der Waals surface area contributed by atoms with Crippen molar-refractivity contribution >= 4 is 11.5 Å². The lowest BCUT2D eigenvalue weighted by Gasteiger charge is -2.19. The molecule has 0 saturated heterocycles. The van der Waals surface area contributed by atoms with Crippen LogP contribution in [0.25, 0.3) is 0 Å². The summed E-state index contributed by atoms with van der Waals surface area (Å²) in [4.78, 5) is 6.48. The maximum atomic E-state index is 13.5. The van der Waals surface area contributed by atoms with Gasteiger partial charge >= 0.3 is 0 Å². The molecule has 1 aromatic carbocycles. The lowest BCUT2D eigenvalue weighted by Crippen LogP contribution is -2.22. The van der Waals surface area contributed by atoms with Gasteiger partial charge in [0.1, 0.15) is 17.5 Å². The van der Waals surface area contributed by atoms with Crippen molar-refractivity contribution in [2.75, 3.05) is 23.3 Å². The van der Waals surface area contributed by atoms with Crippen molar-refractivity contribution in [1.29, 1.82) is 0 Å². The molecule has 1 aromatic heterocycles. The number of hydrogen-bond donors (Lipinski definition) is 1. The summed E-state index contributed by atoms with van der Waals surface area (Å²) in [5.74, 6) is -0.201. The fourth-order valence-corrected chi connectivity index (χ4v) is 2.12. The van der Waals surface area contributed by atoms with Gasteiger partial charge in [0.2, 0.25) is 0 Å². The first-order valence-electron chi connectivity index (χ1n) is 7.03. The molecule has 0 aliphatic carbocycles. The molecule has 1 heterocycles. The first kappa shape index (κ1) is 15.2. The van der Waals surface area contributed by atoms with Crippen LogP contribution in [-0.2, 0) is 6.54 Å². The fourth-order valence-electron chi connectivity index (χ4n) is 2.12. The Hall–Kier alpha value is -2.17. The molecule has 0 aliphatic rings. The number of rotatable bonds is 6. The second kappa shape index (κ2) is 7.02. The Bertz CT molecular complexity index is 560. The van der Waals surface area contributed by atoms with E-state index in [-0.39, 0.29) is 12.1 Å². The first-order chi connectivity index (χ1) is 10.2. The molecule has 0 radical (unpaired) electrons. The van der Waals surface area contributed by atoms with Gasteiger partial charge in [-0.05, 0) is 38.1 Å². The maximum Gasteiger partial charge on any atom is 0.131 e. The van der Waals surface area contributed by atoms with E-state index in [2.05, 4.69) is 29.0 Å². The summed E-state index contributed by atoms with van der Waals surface area (Å²) in [6.45, 7) is 5.99. The molecule has 2 aromatic rings. The number of aromatic nitrogens is 1. The Morgan fingerprint density at radius 3 is 2.24 bits per heavy atom. The van der Waals surface area contributed by atoms with E-state index in [9.17, 15) is 8.78 Å². The van der Waals surface area contributed by atoms with Crippen molar-refractivity contribution in [1.82, 2.24) is 4.98 Å². The molecule has 3 nitrogen and oxygen atoms in total. The summed E-state index contributed by atoms with van der Waals surface area (Å²) in [5.41, 5.74) is 0.763. The molecular formula is C16H19F2N3. The predicted octanol–water partition coefficient (Wildman–Crippen LogP) is 3.82. The maximum absolute atomic E-state index is 13.5. The van der Waals surface area contributed by atoms with Crippen molar-refractivity contribution in [2.45, 2.75) is 20.4 Å². The molecule has 0 fully saturated rings. The highest BCUT2D eigenvalue weighted by atomic mass is 19.1. The van der Waals surface area contributed by atoms with E-state index in [0.717, 1.165) is 24.6 Å². The van der Waals surface area contributed by atoms with Gasteiger partial charge in [0.15, 0.2) is 0 Å². The number of hydrogen-bond acceptors (Lipinski definition) is 3. The summed E-state index contributed by atoms with van der Waals surface area (Å²) in [7, 11) is 0. The van der Waals surface area contributed by atoms with Crippen LogP contribution in [0, 0.1) is 11.6 Å². The summed E-state index contributed by atoms with van der Waals surface area (Å²) in [6, 6.07) is 7.62. The van der Waals surface area contributed by atoms with Crippen LogP contribution in [0.15, 0.2) is 36.5 Å². The van der Waals surface area contributed by atoms with Crippen LogP contribution in [0.1, 0.15) is 19.4 Å². The summed E-state index contributed by atoms with van der Waals surface area (Å²) < 4.78 is 27.0. The lowest BCUT2D eigenvalue weighted by atomic mass is 10.2. The van der Waals surface area contributed by atoms with E-state index in [1.54, 1.807) is 6.20 Å². The second-order valence-electron chi connectivity index (χ2n) is 4.63. The number of benzene rings is 1. The molecule has 0 aliphatic heterocycles. The Labute approximate surface area is 123 Å². The minimum atomic E-state index is -0.546. The largest absolute Gasteiger partial charge is 0.379 e. The van der Waals surface area contributed by atoms with Gasteiger partial charge in [-0.25, -0.2) is 13.8 Å². The summed E-state index contributed by atoms with van der Waals surface area (Å²) in [6.07, 6.45) is 1.67. The van der Waals surface area contributed by atoms with Gasteiger partial charge in [0, 0.05) is 25.2 Å². The van der Waals surface area contributed by atoms with E-state index >= 15 is 0 Å². The molecule has 112 valence electrons. The zero-order valence-electron chi connectivity index (χ0n) is 12.2. The summed E-state index contributed by atoms with van der Waals surface area (Å²) in [5, 5.41) is 2.98. The van der Waals surface area contributed by atoms with Crippen LogP contribution in [0.5, 0.6) is 0 Å². The third-order valence-corrected chi connectivity index (χ3v) is 3.37. The topological polar surface area (TPSA) is 28.2 Å². The molecule has 1 N–H and O–H groups in total. The van der Waals surface area contributed by atoms with Gasteiger partial charge in [0.25, 0.3) is 0 Å². The number of halogens is 2. The molecule has 0 spiro atoms. The molecular weight excluding hydrogens is 272 g/mol. The normalized spacial score (nSPS) is 10.5. The van der Waals surface area contributed by atoms with Crippen LogP contribution < -0.4 is 10.2 Å². The Morgan fingerprint density at radius 2 is 1.71 bits per heavy atom. The smallest absolute Gasteiger partial charge is 0.131 e. The molecule has 5 heteroatoms. The number of pyridine rings is 1. The summed E-state index contributed by atoms with van der Waals surface area (Å²) >= 11 is 0. The van der Waals surface area contributed by atoms with Gasteiger partial charge in [-0.2, -0.15) is 0 Å². The van der Waals surface area contributed by atoms with E-state index in [1.165, 1.54) is 18.2 Å². The quantitative estimate of drug-likeness (QED) is 0.877. The van der Waals surface area contributed by atoms with Crippen LogP contribution in [-0.4, -0.2) is 18.1 Å². The Balaban J connectivity index is 2.04. The van der Waals surface area contributed by atoms with Gasteiger partial charge in [-0.1, -0.05) is 6.07 Å². The fraction of sp³-hybridized carbons (Fsp3) is 0.312. The number of nitrogens with one attached hydrogen (secondary N) is 1. The van der Waals surface area contributed by atoms with Crippen LogP contribution in [0.3, 0.4) is 0 Å². The van der Waals surface area contributed by atoms with Crippen molar-refractivity contribution in [3.8, 4) is 0 Å². The van der Waals surface area contributed by atoms with Crippen molar-refractivity contribution in [3.05, 3.63) is 53.7 Å². The Morgan fingerprint density at radius 1 is 1.05 bits per heavy atom. The molecule has 2 rings (SSSR count). The first-order valence-corrected chi connectivity index (χ1v) is 7.03. The Kier molecular flexibility index (Phi) is 5.09. The molecule has 0 bridgehead atoms. The number of nitrogens with zero attached hydrogens (tertiary/aromatic N) is 2. The highest BCUT2D eigenvalue weighted by molar-refractivity contribution is 5.48. The van der Waals surface area contributed by atoms with Crippen molar-refractivity contribution < 1.29 is 8.78 Å². The molecule has 0 saturated carbocycles. The van der Waals surface area contributed by atoms with Crippen LogP contribution >= 0.6 is 0 Å². The number of anilines is 2. The molecule has 21 heavy (non-hydrogen) atoms. The van der Waals surface area contributed by atoms with Crippen LogP contribution in [0.2, 0.25) is 0 Å². The van der Waals surface area contributed by atoms with Gasteiger partial charge in [-0.3, -0.25) is 0 Å². The van der Waals surface area contributed by atoms with Crippen molar-refractivity contribution in [3.63, 3.8) is 0 Å². The van der Waals surface area contributed by atoms with E-state index in [4.69, 9.17) is 0 Å². The highest BCUT2D eigenvalue weighted by Gasteiger charge is 2.08. The van der Waals surface area contributed by atoms with Gasteiger partial charge < -0.3 is 10.2 Å². The minimum absolute atomic E-state index is 0.0327. The highest BCUT2D eigenvalue weighted by Crippen LogP contribution is 2.17. The second-order valence-corrected chi connectivity index (χ2v) is 4.63. The standard InChI is InChI=1S/C16H19F2N3/c1-3-21(4-2)16-9-8-12(10-20-16)19-11-13-14(17)6-5-7-15(13)18/h5-10,19H,3-4,11H2,1-2H3. The minimum Gasteiger partial charge on any atom is -0.379 e. The predicted molar refractivity (Wildman–Crippen MR) is 81.5 cm³/mol. The van der Waals surface area contributed by atoms with E-state index in [0.29, 0.717) is 0 Å². The monoisotopic (exact) mass is 291 g/mol. The van der Waals surface area contributed by atoms with Crippen molar-refractivity contribution in [2.24, 2.45) is 0 Å². The zero-order valence-corrected chi connectivity index (χ0v) is 12.2. The SMILES string of the molecule is CCN(CC)c1ccc(NCc2c(F)cccc2F)cn1.